The lowest BCUT2D eigenvalue weighted by Gasteiger charge is -2.21. The molecule has 66 valence electrons. The van der Waals surface area contributed by atoms with Crippen LogP contribution >= 0.6 is 0 Å². The fourth-order valence-electron chi connectivity index (χ4n) is 1.05. The minimum atomic E-state index is -4.42. The maximum Gasteiger partial charge on any atom is 0.297 e. The van der Waals surface area contributed by atoms with Crippen molar-refractivity contribution in [2.75, 3.05) is 6.61 Å². The van der Waals surface area contributed by atoms with E-state index in [1.54, 1.807) is 0 Å². The van der Waals surface area contributed by atoms with Crippen molar-refractivity contribution < 1.29 is 22.8 Å². The van der Waals surface area contributed by atoms with Gasteiger partial charge in [-0.1, -0.05) is 0 Å². The van der Waals surface area contributed by atoms with Crippen molar-refractivity contribution in [3.05, 3.63) is 0 Å². The number of hydrogen-bond donors (Lipinski definition) is 2. The van der Waals surface area contributed by atoms with E-state index in [0.717, 1.165) is 0 Å². The van der Waals surface area contributed by atoms with Gasteiger partial charge in [-0.05, 0) is 6.92 Å². The van der Waals surface area contributed by atoms with Crippen LogP contribution in [0.5, 0.6) is 0 Å². The van der Waals surface area contributed by atoms with Gasteiger partial charge in [-0.3, -0.25) is 4.55 Å². The zero-order valence-electron chi connectivity index (χ0n) is 6.02. The van der Waals surface area contributed by atoms with Crippen molar-refractivity contribution in [2.24, 2.45) is 0 Å². The highest BCUT2D eigenvalue weighted by Gasteiger charge is 2.50. The lowest BCUT2D eigenvalue weighted by atomic mass is 10.2. The Morgan fingerprint density at radius 3 is 2.36 bits per heavy atom. The van der Waals surface area contributed by atoms with Gasteiger partial charge in [0.1, 0.15) is 6.10 Å². The second-order valence-electron chi connectivity index (χ2n) is 2.58. The van der Waals surface area contributed by atoms with Crippen molar-refractivity contribution in [3.8, 4) is 0 Å². The smallest absolute Gasteiger partial charge is 0.297 e. The third kappa shape index (κ3) is 1.26. The van der Waals surface area contributed by atoms with Crippen LogP contribution in [0.1, 0.15) is 13.3 Å². The summed E-state index contributed by atoms with van der Waals surface area (Å²) in [6.07, 6.45) is -0.940. The predicted molar refractivity (Wildman–Crippen MR) is 36.5 cm³/mol. The second kappa shape index (κ2) is 2.41. The molecule has 1 fully saturated rings. The molecule has 5 nitrogen and oxygen atoms in total. The molecular formula is C5H10O5S. The van der Waals surface area contributed by atoms with E-state index in [9.17, 15) is 13.5 Å². The van der Waals surface area contributed by atoms with Gasteiger partial charge in [-0.25, -0.2) is 0 Å². The van der Waals surface area contributed by atoms with Gasteiger partial charge >= 0.3 is 0 Å². The summed E-state index contributed by atoms with van der Waals surface area (Å²) in [4.78, 5) is -2.10. The molecule has 2 atom stereocenters. The quantitative estimate of drug-likeness (QED) is 0.527. The summed E-state index contributed by atoms with van der Waals surface area (Å²) < 4.78 is 34.6. The summed E-state index contributed by atoms with van der Waals surface area (Å²) in [5, 5.41) is 9.33. The molecule has 0 saturated carbocycles. The third-order valence-electron chi connectivity index (χ3n) is 1.91. The van der Waals surface area contributed by atoms with E-state index in [-0.39, 0.29) is 13.0 Å². The van der Waals surface area contributed by atoms with Crippen molar-refractivity contribution in [3.63, 3.8) is 0 Å². The largest absolute Gasteiger partial charge is 0.374 e. The summed E-state index contributed by atoms with van der Waals surface area (Å²) in [6, 6.07) is 0. The molecule has 0 aromatic carbocycles. The van der Waals surface area contributed by atoms with Gasteiger partial charge < -0.3 is 9.84 Å². The first kappa shape index (κ1) is 8.92. The van der Waals surface area contributed by atoms with Crippen molar-refractivity contribution >= 4 is 10.1 Å². The zero-order chi connectivity index (χ0) is 8.70. The molecule has 1 saturated heterocycles. The molecule has 0 amide bonds. The van der Waals surface area contributed by atoms with E-state index in [1.165, 1.54) is 6.92 Å². The minimum Gasteiger partial charge on any atom is -0.374 e. The molecule has 11 heavy (non-hydrogen) atoms. The van der Waals surface area contributed by atoms with Crippen LogP contribution in [0.15, 0.2) is 0 Å². The fourth-order valence-corrected chi connectivity index (χ4v) is 1.88. The van der Waals surface area contributed by atoms with Crippen molar-refractivity contribution in [1.82, 2.24) is 0 Å². The lowest BCUT2D eigenvalue weighted by Crippen LogP contribution is -2.44. The van der Waals surface area contributed by atoms with Gasteiger partial charge in [0.15, 0.2) is 0 Å². The van der Waals surface area contributed by atoms with Crippen LogP contribution in [-0.2, 0) is 14.9 Å². The molecule has 0 aromatic heterocycles. The van der Waals surface area contributed by atoms with E-state index >= 15 is 0 Å². The van der Waals surface area contributed by atoms with E-state index in [1.807, 2.05) is 0 Å². The van der Waals surface area contributed by atoms with E-state index in [2.05, 4.69) is 0 Å². The standard InChI is InChI=1S/C5H10O5S/c1-4-5(6,2-3-10-4)11(7,8)9/h4,6H,2-3H2,1H3,(H,7,8,9). The van der Waals surface area contributed by atoms with Gasteiger partial charge in [0, 0.05) is 6.42 Å². The van der Waals surface area contributed by atoms with Crippen molar-refractivity contribution in [2.45, 2.75) is 24.4 Å². The third-order valence-corrected chi connectivity index (χ3v) is 3.34. The van der Waals surface area contributed by atoms with Crippen LogP contribution in [0.3, 0.4) is 0 Å². The summed E-state index contributed by atoms with van der Waals surface area (Å²) in [5.74, 6) is 0. The number of aliphatic hydroxyl groups is 1. The Kier molecular flexibility index (Phi) is 1.96. The Morgan fingerprint density at radius 2 is 2.18 bits per heavy atom. The van der Waals surface area contributed by atoms with E-state index in [4.69, 9.17) is 9.29 Å². The maximum absolute atomic E-state index is 10.6. The minimum absolute atomic E-state index is 0.0764. The topological polar surface area (TPSA) is 83.8 Å². The van der Waals surface area contributed by atoms with Gasteiger partial charge in [-0.2, -0.15) is 8.42 Å². The molecule has 0 bridgehead atoms. The Labute approximate surface area is 64.7 Å². The molecule has 0 radical (unpaired) electrons. The summed E-state index contributed by atoms with van der Waals surface area (Å²) in [5.41, 5.74) is 0. The van der Waals surface area contributed by atoms with Gasteiger partial charge in [0.25, 0.3) is 10.1 Å². The first-order valence-corrected chi connectivity index (χ1v) is 4.63. The van der Waals surface area contributed by atoms with Gasteiger partial charge in [0.05, 0.1) is 6.61 Å². The molecule has 1 rings (SSSR count). The predicted octanol–water partition coefficient (Wildman–Crippen LogP) is -0.628. The molecule has 6 heteroatoms. The first-order valence-electron chi connectivity index (χ1n) is 3.19. The summed E-state index contributed by atoms with van der Waals surface area (Å²) >= 11 is 0. The van der Waals surface area contributed by atoms with Crippen LogP contribution in [0, 0.1) is 0 Å². The Hall–Kier alpha value is -0.170. The average Bonchev–Trinajstić information content (AvgIpc) is 2.12. The van der Waals surface area contributed by atoms with Crippen LogP contribution in [0.25, 0.3) is 0 Å². The lowest BCUT2D eigenvalue weighted by molar-refractivity contribution is 0.0237. The molecule has 2 N–H and O–H groups in total. The van der Waals surface area contributed by atoms with Crippen LogP contribution < -0.4 is 0 Å². The highest BCUT2D eigenvalue weighted by Crippen LogP contribution is 2.29. The van der Waals surface area contributed by atoms with E-state index in [0.29, 0.717) is 0 Å². The Balaban J connectivity index is 3.00. The second-order valence-corrected chi connectivity index (χ2v) is 4.24. The van der Waals surface area contributed by atoms with Crippen LogP contribution in [0.2, 0.25) is 0 Å². The molecule has 1 aliphatic heterocycles. The normalized spacial score (nSPS) is 39.4. The molecule has 2 unspecified atom stereocenters. The SMILES string of the molecule is CC1OCCC1(O)S(=O)(=O)O. The van der Waals surface area contributed by atoms with Crippen LogP contribution in [-0.4, -0.2) is 35.7 Å². The van der Waals surface area contributed by atoms with E-state index < -0.39 is 21.2 Å². The highest BCUT2D eigenvalue weighted by molar-refractivity contribution is 7.87. The molecule has 0 aromatic rings. The van der Waals surface area contributed by atoms with Crippen LogP contribution in [0.4, 0.5) is 0 Å². The molecule has 1 aliphatic rings. The molecular weight excluding hydrogens is 172 g/mol. The summed E-state index contributed by atoms with van der Waals surface area (Å²) in [6.45, 7) is 1.55. The number of rotatable bonds is 1. The van der Waals surface area contributed by atoms with Gasteiger partial charge in [-0.15, -0.1) is 0 Å². The first-order chi connectivity index (χ1) is 4.88. The fraction of sp³-hybridized carbons (Fsp3) is 1.00. The Morgan fingerprint density at radius 1 is 1.64 bits per heavy atom. The Bertz CT molecular complexity index is 246. The maximum atomic E-state index is 10.6. The monoisotopic (exact) mass is 182 g/mol. The molecule has 0 spiro atoms. The molecule has 0 aliphatic carbocycles. The van der Waals surface area contributed by atoms with Gasteiger partial charge in [0.2, 0.25) is 4.93 Å². The molecule has 1 heterocycles. The summed E-state index contributed by atoms with van der Waals surface area (Å²) in [7, 11) is -4.42. The number of ether oxygens (including phenoxy) is 1. The average molecular weight is 182 g/mol. The number of hydrogen-bond acceptors (Lipinski definition) is 4. The zero-order valence-corrected chi connectivity index (χ0v) is 6.84. The van der Waals surface area contributed by atoms with Crippen molar-refractivity contribution in [1.29, 1.82) is 0 Å². The highest BCUT2D eigenvalue weighted by atomic mass is 32.2.